The van der Waals surface area contributed by atoms with Crippen LogP contribution in [0.4, 0.5) is 26.3 Å². The van der Waals surface area contributed by atoms with E-state index in [9.17, 15) is 31.4 Å². The molecule has 0 heterocycles. The van der Waals surface area contributed by atoms with Crippen molar-refractivity contribution in [2.24, 2.45) is 0 Å². The first-order chi connectivity index (χ1) is 4.19. The summed E-state index contributed by atoms with van der Waals surface area (Å²) in [6.45, 7) is 0. The Labute approximate surface area is 51.3 Å². The molecule has 0 spiro atoms. The van der Waals surface area contributed by atoms with Gasteiger partial charge in [0.1, 0.15) is 0 Å². The summed E-state index contributed by atoms with van der Waals surface area (Å²) in [6.07, 6.45) is -10.6. The largest absolute Gasteiger partial charge is 0.457 e. The van der Waals surface area contributed by atoms with Crippen LogP contribution in [0.3, 0.4) is 0 Å². The highest BCUT2D eigenvalue weighted by molar-refractivity contribution is 4.76. The predicted molar refractivity (Wildman–Crippen MR) is 16.6 cm³/mol. The Morgan fingerprint density at radius 3 is 1.30 bits per heavy atom. The molecule has 0 saturated carbocycles. The molecule has 0 aromatic carbocycles. The number of hydrogen-bond donors (Lipinski definition) is 0. The van der Waals surface area contributed by atoms with E-state index in [1.165, 1.54) is 0 Å². The highest BCUT2D eigenvalue weighted by Gasteiger charge is 2.63. The molecule has 0 aliphatic carbocycles. The molecule has 0 aromatic heterocycles. The van der Waals surface area contributed by atoms with E-state index in [0.717, 1.165) is 0 Å². The molecule has 1 radical (unpaired) electrons. The molecule has 1 unspecified atom stereocenters. The van der Waals surface area contributed by atoms with E-state index in [4.69, 9.17) is 0 Å². The minimum absolute atomic E-state index is 4.59. The molecule has 0 aromatic rings. The fourth-order valence-corrected chi connectivity index (χ4v) is 0.124. The predicted octanol–water partition coefficient (Wildman–Crippen LogP) is 1.91. The van der Waals surface area contributed by atoms with Gasteiger partial charge in [0.15, 0.2) is 0 Å². The fraction of sp³-hybridized carbons (Fsp3) is 1.00. The van der Waals surface area contributed by atoms with Gasteiger partial charge in [0.2, 0.25) is 0 Å². The summed E-state index contributed by atoms with van der Waals surface area (Å²) in [7, 11) is 0. The Morgan fingerprint density at radius 1 is 1.00 bits per heavy atom. The van der Waals surface area contributed by atoms with E-state index in [-0.39, 0.29) is 0 Å². The Kier molecular flexibility index (Phi) is 2.19. The van der Waals surface area contributed by atoms with Crippen LogP contribution in [0.1, 0.15) is 0 Å². The lowest BCUT2D eigenvalue weighted by Gasteiger charge is -2.17. The quantitative estimate of drug-likeness (QED) is 0.531. The van der Waals surface area contributed by atoms with Gasteiger partial charge < -0.3 is 0 Å². The standard InChI is InChI=1S/C3HF6O/c4-1(5)2(6,10)3(7,8)9/h1H. The van der Waals surface area contributed by atoms with E-state index < -0.39 is 18.5 Å². The summed E-state index contributed by atoms with van der Waals surface area (Å²) in [5.41, 5.74) is 0. The van der Waals surface area contributed by atoms with Crippen LogP contribution in [0.15, 0.2) is 0 Å². The average Bonchev–Trinajstić information content (AvgIpc) is 1.62. The first-order valence-electron chi connectivity index (χ1n) is 1.94. The van der Waals surface area contributed by atoms with Gasteiger partial charge in [0, 0.05) is 0 Å². The highest BCUT2D eigenvalue weighted by atomic mass is 19.4. The normalized spacial score (nSPS) is 19.2. The van der Waals surface area contributed by atoms with E-state index in [1.807, 2.05) is 0 Å². The second kappa shape index (κ2) is 2.30. The molecule has 0 aliphatic rings. The topological polar surface area (TPSA) is 19.9 Å². The second-order valence-electron chi connectivity index (χ2n) is 1.44. The SMILES string of the molecule is [O]C(F)(C(F)F)C(F)(F)F. The van der Waals surface area contributed by atoms with Crippen molar-refractivity contribution >= 4 is 0 Å². The van der Waals surface area contributed by atoms with Crippen molar-refractivity contribution in [3.63, 3.8) is 0 Å². The average molecular weight is 167 g/mol. The summed E-state index contributed by atoms with van der Waals surface area (Å²) in [4.78, 5) is 0. The minimum atomic E-state index is -6.05. The summed E-state index contributed by atoms with van der Waals surface area (Å²) in [5.74, 6) is -5.65. The number of alkyl halides is 6. The molecular weight excluding hydrogens is 166 g/mol. The Morgan fingerprint density at radius 2 is 1.30 bits per heavy atom. The molecule has 0 bridgehead atoms. The Balaban J connectivity index is 4.40. The molecule has 1 nitrogen and oxygen atoms in total. The van der Waals surface area contributed by atoms with Crippen LogP contribution < -0.4 is 0 Å². The summed E-state index contributed by atoms with van der Waals surface area (Å²) in [5, 5.41) is 9.28. The van der Waals surface area contributed by atoms with Gasteiger partial charge in [-0.25, -0.2) is 8.78 Å². The fourth-order valence-electron chi connectivity index (χ4n) is 0.124. The molecular formula is C3HF6O. The van der Waals surface area contributed by atoms with E-state index in [1.54, 1.807) is 0 Å². The summed E-state index contributed by atoms with van der Waals surface area (Å²) >= 11 is 0. The van der Waals surface area contributed by atoms with Gasteiger partial charge in [-0.2, -0.15) is 22.7 Å². The third-order valence-electron chi connectivity index (χ3n) is 0.667. The smallest absolute Gasteiger partial charge is 0.203 e. The number of hydrogen-bond acceptors (Lipinski definition) is 0. The number of rotatable bonds is 1. The van der Waals surface area contributed by atoms with E-state index in [2.05, 4.69) is 0 Å². The molecule has 61 valence electrons. The molecule has 0 saturated heterocycles. The Bertz CT molecular complexity index is 115. The van der Waals surface area contributed by atoms with Gasteiger partial charge >= 0.3 is 18.5 Å². The van der Waals surface area contributed by atoms with Crippen molar-refractivity contribution in [1.82, 2.24) is 0 Å². The van der Waals surface area contributed by atoms with Gasteiger partial charge in [0.25, 0.3) is 0 Å². The zero-order valence-electron chi connectivity index (χ0n) is 4.25. The summed E-state index contributed by atoms with van der Waals surface area (Å²) < 4.78 is 65.8. The molecule has 0 rings (SSSR count). The first kappa shape index (κ1) is 9.54. The molecule has 0 aliphatic heterocycles. The highest BCUT2D eigenvalue weighted by Crippen LogP contribution is 2.36. The van der Waals surface area contributed by atoms with Crippen molar-refractivity contribution in [2.45, 2.75) is 18.5 Å². The van der Waals surface area contributed by atoms with Gasteiger partial charge in [-0.1, -0.05) is 0 Å². The number of halogens is 6. The van der Waals surface area contributed by atoms with E-state index >= 15 is 0 Å². The van der Waals surface area contributed by atoms with Crippen molar-refractivity contribution < 1.29 is 31.4 Å². The maximum atomic E-state index is 11.3. The van der Waals surface area contributed by atoms with Crippen molar-refractivity contribution in [3.8, 4) is 0 Å². The monoisotopic (exact) mass is 167 g/mol. The third-order valence-corrected chi connectivity index (χ3v) is 0.667. The van der Waals surface area contributed by atoms with Gasteiger partial charge in [-0.05, 0) is 0 Å². The lowest BCUT2D eigenvalue weighted by molar-refractivity contribution is -0.374. The Hall–Kier alpha value is -0.460. The summed E-state index contributed by atoms with van der Waals surface area (Å²) in [6, 6.07) is 0. The van der Waals surface area contributed by atoms with E-state index in [0.29, 0.717) is 0 Å². The molecule has 0 fully saturated rings. The van der Waals surface area contributed by atoms with Crippen LogP contribution in [0.25, 0.3) is 0 Å². The lowest BCUT2D eigenvalue weighted by atomic mass is 10.3. The molecule has 10 heavy (non-hydrogen) atoms. The molecule has 1 atom stereocenters. The zero-order valence-corrected chi connectivity index (χ0v) is 4.25. The van der Waals surface area contributed by atoms with Crippen molar-refractivity contribution in [1.29, 1.82) is 0 Å². The zero-order chi connectivity index (χ0) is 8.58. The third kappa shape index (κ3) is 1.53. The lowest BCUT2D eigenvalue weighted by Crippen LogP contribution is -2.45. The van der Waals surface area contributed by atoms with Gasteiger partial charge in [0.05, 0.1) is 0 Å². The second-order valence-corrected chi connectivity index (χ2v) is 1.44. The first-order valence-corrected chi connectivity index (χ1v) is 1.94. The van der Waals surface area contributed by atoms with Crippen LogP contribution >= 0.6 is 0 Å². The van der Waals surface area contributed by atoms with Gasteiger partial charge in [-0.3, -0.25) is 0 Å². The maximum absolute atomic E-state index is 11.3. The molecule has 0 amide bonds. The van der Waals surface area contributed by atoms with Crippen LogP contribution in [0.5, 0.6) is 0 Å². The van der Waals surface area contributed by atoms with Gasteiger partial charge in [-0.15, -0.1) is 0 Å². The molecule has 0 N–H and O–H groups in total. The van der Waals surface area contributed by atoms with Crippen molar-refractivity contribution in [2.75, 3.05) is 0 Å². The minimum Gasteiger partial charge on any atom is -0.203 e. The van der Waals surface area contributed by atoms with Crippen LogP contribution in [0, 0.1) is 0 Å². The maximum Gasteiger partial charge on any atom is 0.457 e. The van der Waals surface area contributed by atoms with Crippen LogP contribution in [-0.4, -0.2) is 18.5 Å². The van der Waals surface area contributed by atoms with Crippen LogP contribution in [-0.2, 0) is 5.11 Å². The van der Waals surface area contributed by atoms with Crippen LogP contribution in [0.2, 0.25) is 0 Å². The molecule has 7 heteroatoms. The van der Waals surface area contributed by atoms with Crippen molar-refractivity contribution in [3.05, 3.63) is 0 Å².